The number of aliphatic hydroxyl groups excluding tert-OH is 2. The topological polar surface area (TPSA) is 266 Å². The van der Waals surface area contributed by atoms with Crippen molar-refractivity contribution in [3.63, 3.8) is 0 Å². The van der Waals surface area contributed by atoms with E-state index in [-0.39, 0.29) is 126 Å². The molecule has 0 bridgehead atoms. The Balaban J connectivity index is -0.000000158. The molecule has 0 spiro atoms. The van der Waals surface area contributed by atoms with E-state index in [0.29, 0.717) is 12.8 Å². The van der Waals surface area contributed by atoms with E-state index in [1.165, 1.54) is 0 Å². The molecule has 0 radical (unpaired) electrons. The molecule has 14 nitrogen and oxygen atoms in total. The van der Waals surface area contributed by atoms with Crippen LogP contribution in [-0.2, 0) is 27.3 Å². The number of unbranched alkanes of at least 4 members (excludes halogenated alkanes) is 6. The summed E-state index contributed by atoms with van der Waals surface area (Å²) in [6.07, 6.45) is 6.02. The SMILES string of the molecule is CCCCCCOP(=O)([O-])C(O)P(=O)([O-])[O-].CCCCCCOP(=O)([O-])C(O)P(=O)([O-])[O-].[Ca+2].[Ca+2].[Ca+2]. The molecule has 0 heterocycles. The number of hydrogen-bond acceptors (Lipinski definition) is 14. The van der Waals surface area contributed by atoms with Crippen molar-refractivity contribution in [1.29, 1.82) is 0 Å². The van der Waals surface area contributed by atoms with Gasteiger partial charge in [0.15, 0.2) is 15.2 Å². The summed E-state index contributed by atoms with van der Waals surface area (Å²) in [6.45, 7) is 3.48. The van der Waals surface area contributed by atoms with Gasteiger partial charge in [-0.2, -0.15) is 0 Å². The zero-order chi connectivity index (χ0) is 25.6. The van der Waals surface area contributed by atoms with E-state index in [4.69, 9.17) is 10.2 Å². The normalized spacial score (nSPS) is 16.5. The molecule has 0 rings (SSSR count). The number of hydrogen-bond donors (Lipinski definition) is 2. The summed E-state index contributed by atoms with van der Waals surface area (Å²) in [5.41, 5.74) is -5.99. The van der Waals surface area contributed by atoms with Gasteiger partial charge in [0.2, 0.25) is 0 Å². The van der Waals surface area contributed by atoms with Crippen LogP contribution in [0.2, 0.25) is 0 Å². The van der Waals surface area contributed by atoms with Crippen LogP contribution in [0, 0.1) is 0 Å². The fourth-order valence-electron chi connectivity index (χ4n) is 1.92. The van der Waals surface area contributed by atoms with Crippen LogP contribution < -0.4 is 29.4 Å². The zero-order valence-corrected chi connectivity index (χ0v) is 30.1. The first kappa shape index (κ1) is 49.0. The van der Waals surface area contributed by atoms with Crippen LogP contribution in [0.15, 0.2) is 0 Å². The van der Waals surface area contributed by atoms with Gasteiger partial charge in [0.05, 0.1) is 13.2 Å². The van der Waals surface area contributed by atoms with Gasteiger partial charge in [0.1, 0.15) is 11.2 Å². The van der Waals surface area contributed by atoms with Gasteiger partial charge >= 0.3 is 113 Å². The van der Waals surface area contributed by atoms with Crippen LogP contribution in [0.4, 0.5) is 0 Å². The average Bonchev–Trinajstić information content (AvgIpc) is 2.65. The van der Waals surface area contributed by atoms with Crippen molar-refractivity contribution in [3.05, 3.63) is 0 Å². The molecule has 0 saturated carbocycles. The maximum Gasteiger partial charge on any atom is 2.00 e. The molecule has 0 aromatic carbocycles. The zero-order valence-electron chi connectivity index (χ0n) is 19.9. The first-order valence-electron chi connectivity index (χ1n) is 9.73. The van der Waals surface area contributed by atoms with Crippen molar-refractivity contribution in [2.45, 2.75) is 76.4 Å². The van der Waals surface area contributed by atoms with Crippen molar-refractivity contribution in [3.8, 4) is 0 Å². The summed E-state index contributed by atoms with van der Waals surface area (Å²) < 4.78 is 51.0. The summed E-state index contributed by atoms with van der Waals surface area (Å²) in [6, 6.07) is 0. The van der Waals surface area contributed by atoms with Crippen molar-refractivity contribution in [1.82, 2.24) is 0 Å². The molecular formula is C14H30Ca3O14P4. The molecule has 0 saturated heterocycles. The van der Waals surface area contributed by atoms with E-state index >= 15 is 0 Å². The molecule has 196 valence electrons. The molecule has 0 aromatic heterocycles. The Kier molecular flexibility index (Phi) is 34.8. The predicted molar refractivity (Wildman–Crippen MR) is 120 cm³/mol. The maximum atomic E-state index is 11.0. The van der Waals surface area contributed by atoms with Crippen LogP contribution in [-0.4, -0.2) is 148 Å². The smallest absolute Gasteiger partial charge is 0.809 e. The van der Waals surface area contributed by atoms with Gasteiger partial charge in [-0.05, 0) is 28.0 Å². The van der Waals surface area contributed by atoms with Gasteiger partial charge in [0, 0.05) is 0 Å². The van der Waals surface area contributed by atoms with Crippen molar-refractivity contribution in [2.24, 2.45) is 0 Å². The average molecular weight is 667 g/mol. The van der Waals surface area contributed by atoms with E-state index in [2.05, 4.69) is 9.05 Å². The number of aliphatic hydroxyl groups is 2. The first-order chi connectivity index (χ1) is 14.4. The van der Waals surface area contributed by atoms with Gasteiger partial charge in [0.25, 0.3) is 0 Å². The Bertz CT molecular complexity index is 646. The summed E-state index contributed by atoms with van der Waals surface area (Å²) in [7, 11) is -21.2. The number of rotatable bonds is 16. The summed E-state index contributed by atoms with van der Waals surface area (Å²) >= 11 is 0. The largest absolute Gasteiger partial charge is 2.00 e. The van der Waals surface area contributed by atoms with Gasteiger partial charge in [-0.1, -0.05) is 52.4 Å². The van der Waals surface area contributed by atoms with E-state index in [1.54, 1.807) is 0 Å². The Morgan fingerprint density at radius 1 is 0.571 bits per heavy atom. The summed E-state index contributed by atoms with van der Waals surface area (Å²) in [5, 5.41) is 17.5. The predicted octanol–water partition coefficient (Wildman–Crippen LogP) is -2.49. The molecule has 4 atom stereocenters. The van der Waals surface area contributed by atoms with Gasteiger partial charge in [-0.3, -0.25) is 0 Å². The third kappa shape index (κ3) is 25.7. The van der Waals surface area contributed by atoms with E-state index < -0.39 is 41.6 Å². The summed E-state index contributed by atoms with van der Waals surface area (Å²) in [5.74, 6) is 0. The van der Waals surface area contributed by atoms with Crippen LogP contribution in [0.25, 0.3) is 0 Å². The summed E-state index contributed by atoms with van der Waals surface area (Å²) in [4.78, 5) is 63.1. The molecule has 0 aliphatic rings. The second-order valence-electron chi connectivity index (χ2n) is 6.64. The van der Waals surface area contributed by atoms with Crippen LogP contribution in [0.5, 0.6) is 0 Å². The van der Waals surface area contributed by atoms with Crippen molar-refractivity contribution in [2.75, 3.05) is 13.2 Å². The fourth-order valence-corrected chi connectivity index (χ4v) is 6.13. The molecule has 4 unspecified atom stereocenters. The van der Waals surface area contributed by atoms with Gasteiger partial charge < -0.3 is 66.9 Å². The maximum absolute atomic E-state index is 11.0. The van der Waals surface area contributed by atoms with Gasteiger partial charge in [-0.15, -0.1) is 0 Å². The minimum absolute atomic E-state index is 0. The Labute approximate surface area is 295 Å². The fraction of sp³-hybridized carbons (Fsp3) is 1.00. The standard InChI is InChI=1S/2C7H18O7P2.3Ca/c2*1-2-3-4-5-6-14-16(12,13)7(8)15(9,10)11;;;/h2*7-8H,2-6H2,1H3,(H,12,13)(H2,9,10,11);;;/q;;3*+2/p-6. The van der Waals surface area contributed by atoms with E-state index in [9.17, 15) is 47.6 Å². The van der Waals surface area contributed by atoms with Gasteiger partial charge in [-0.25, -0.2) is 0 Å². The van der Waals surface area contributed by atoms with Crippen molar-refractivity contribution < 1.29 is 66.9 Å². The molecule has 21 heteroatoms. The molecule has 0 aromatic rings. The Hall–Kier alpha value is 4.30. The van der Waals surface area contributed by atoms with Crippen LogP contribution in [0.1, 0.15) is 65.2 Å². The van der Waals surface area contributed by atoms with Crippen LogP contribution in [0.3, 0.4) is 0 Å². The molecule has 0 fully saturated rings. The quantitative estimate of drug-likeness (QED) is 0.0981. The molecule has 35 heavy (non-hydrogen) atoms. The first-order valence-corrected chi connectivity index (χ1v) is 16.2. The third-order valence-corrected chi connectivity index (χ3v) is 10.4. The minimum Gasteiger partial charge on any atom is -0.809 e. The molecular weight excluding hydrogens is 636 g/mol. The molecule has 0 aliphatic carbocycles. The Morgan fingerprint density at radius 2 is 0.829 bits per heavy atom. The second kappa shape index (κ2) is 24.9. The van der Waals surface area contributed by atoms with Crippen LogP contribution >= 0.6 is 30.4 Å². The van der Waals surface area contributed by atoms with Crippen molar-refractivity contribution >= 4 is 144 Å². The van der Waals surface area contributed by atoms with E-state index in [1.807, 2.05) is 13.8 Å². The molecule has 0 aliphatic heterocycles. The second-order valence-corrected chi connectivity index (χ2v) is 14.2. The molecule has 2 N–H and O–H groups in total. The Morgan fingerprint density at radius 3 is 1.03 bits per heavy atom. The minimum atomic E-state index is -5.58. The third-order valence-electron chi connectivity index (χ3n) is 3.67. The monoisotopic (exact) mass is 666 g/mol. The molecule has 0 amide bonds. The van der Waals surface area contributed by atoms with E-state index in [0.717, 1.165) is 38.5 Å².